The molecule has 204 valence electrons. The zero-order chi connectivity index (χ0) is 28.8. The number of aromatic nitrogens is 3. The maximum Gasteiger partial charge on any atom is 0.164 e. The summed E-state index contributed by atoms with van der Waals surface area (Å²) in [5.41, 5.74) is 11.9. The standard InChI is InChI=1S/C39H33N3/c1-25(2)30-19-21-32-33-22-20-31(24-35(33)39(3,4)34(32)23-30)38-41-36(28-13-9-6-10-14-28)40-37(42-38)29-17-15-27(16-18-29)26-11-7-5-8-12-26/h5-25H,1-4H3. The molecule has 6 aromatic rings. The monoisotopic (exact) mass is 543 g/mol. The number of nitrogens with zero attached hydrogens (tertiary/aromatic N) is 3. The third-order valence-electron chi connectivity index (χ3n) is 8.54. The summed E-state index contributed by atoms with van der Waals surface area (Å²) in [5, 5.41) is 0. The number of fused-ring (bicyclic) bond motifs is 3. The minimum Gasteiger partial charge on any atom is -0.208 e. The van der Waals surface area contributed by atoms with E-state index >= 15 is 0 Å². The van der Waals surface area contributed by atoms with Crippen molar-refractivity contribution in [3.63, 3.8) is 0 Å². The van der Waals surface area contributed by atoms with Crippen LogP contribution in [0.5, 0.6) is 0 Å². The van der Waals surface area contributed by atoms with E-state index < -0.39 is 0 Å². The summed E-state index contributed by atoms with van der Waals surface area (Å²) >= 11 is 0. The van der Waals surface area contributed by atoms with Crippen molar-refractivity contribution in [2.24, 2.45) is 0 Å². The van der Waals surface area contributed by atoms with Crippen LogP contribution in [0, 0.1) is 0 Å². The highest BCUT2D eigenvalue weighted by atomic mass is 15.0. The van der Waals surface area contributed by atoms with Crippen molar-refractivity contribution in [1.82, 2.24) is 15.0 Å². The van der Waals surface area contributed by atoms with Crippen molar-refractivity contribution in [3.8, 4) is 56.4 Å². The van der Waals surface area contributed by atoms with E-state index in [1.165, 1.54) is 33.4 Å². The highest BCUT2D eigenvalue weighted by Gasteiger charge is 2.36. The zero-order valence-electron chi connectivity index (χ0n) is 24.5. The first-order valence-corrected chi connectivity index (χ1v) is 14.7. The van der Waals surface area contributed by atoms with E-state index in [0.717, 1.165) is 22.3 Å². The van der Waals surface area contributed by atoms with Crippen LogP contribution in [0.25, 0.3) is 56.4 Å². The molecule has 0 amide bonds. The molecule has 0 spiro atoms. The van der Waals surface area contributed by atoms with Crippen LogP contribution < -0.4 is 0 Å². The molecule has 1 heterocycles. The second-order valence-electron chi connectivity index (χ2n) is 12.0. The van der Waals surface area contributed by atoms with Crippen LogP contribution in [0.4, 0.5) is 0 Å². The molecule has 5 aromatic carbocycles. The highest BCUT2D eigenvalue weighted by molar-refractivity contribution is 5.83. The lowest BCUT2D eigenvalue weighted by atomic mass is 9.81. The molecule has 0 atom stereocenters. The van der Waals surface area contributed by atoms with E-state index in [2.05, 4.69) is 125 Å². The Bertz CT molecular complexity index is 1900. The molecule has 0 bridgehead atoms. The van der Waals surface area contributed by atoms with Crippen LogP contribution in [-0.4, -0.2) is 15.0 Å². The van der Waals surface area contributed by atoms with Gasteiger partial charge in [-0.15, -0.1) is 0 Å². The molecule has 0 N–H and O–H groups in total. The van der Waals surface area contributed by atoms with E-state index in [4.69, 9.17) is 15.0 Å². The topological polar surface area (TPSA) is 38.7 Å². The average molecular weight is 544 g/mol. The molecular formula is C39H33N3. The number of hydrogen-bond donors (Lipinski definition) is 0. The molecule has 1 aliphatic carbocycles. The minimum absolute atomic E-state index is 0.114. The molecule has 0 aliphatic heterocycles. The summed E-state index contributed by atoms with van der Waals surface area (Å²) in [7, 11) is 0. The predicted octanol–water partition coefficient (Wildman–Crippen LogP) is 9.97. The van der Waals surface area contributed by atoms with E-state index in [-0.39, 0.29) is 5.41 Å². The fourth-order valence-electron chi connectivity index (χ4n) is 6.05. The molecule has 1 aliphatic rings. The van der Waals surface area contributed by atoms with Crippen molar-refractivity contribution in [2.45, 2.75) is 39.0 Å². The Morgan fingerprint density at radius 1 is 0.452 bits per heavy atom. The summed E-state index contributed by atoms with van der Waals surface area (Å²) in [6, 6.07) is 42.7. The zero-order valence-corrected chi connectivity index (χ0v) is 24.5. The van der Waals surface area contributed by atoms with Gasteiger partial charge in [-0.3, -0.25) is 0 Å². The number of benzene rings is 5. The number of rotatable bonds is 5. The third kappa shape index (κ3) is 4.52. The lowest BCUT2D eigenvalue weighted by molar-refractivity contribution is 0.658. The highest BCUT2D eigenvalue weighted by Crippen LogP contribution is 2.50. The third-order valence-corrected chi connectivity index (χ3v) is 8.54. The fourth-order valence-corrected chi connectivity index (χ4v) is 6.05. The molecule has 0 unspecified atom stereocenters. The summed E-state index contributed by atoms with van der Waals surface area (Å²) in [4.78, 5) is 15.0. The first-order valence-electron chi connectivity index (χ1n) is 14.7. The minimum atomic E-state index is -0.114. The Labute approximate surface area is 248 Å². The Balaban J connectivity index is 1.34. The Morgan fingerprint density at radius 3 is 1.48 bits per heavy atom. The summed E-state index contributed by atoms with van der Waals surface area (Å²) in [6.45, 7) is 9.17. The SMILES string of the molecule is CC(C)c1ccc2c(c1)C(C)(C)c1cc(-c3nc(-c4ccccc4)nc(-c4ccc(-c5ccccc5)cc4)n3)ccc1-2. The van der Waals surface area contributed by atoms with Gasteiger partial charge in [0.2, 0.25) is 0 Å². The molecule has 1 aromatic heterocycles. The van der Waals surface area contributed by atoms with Crippen LogP contribution in [-0.2, 0) is 5.41 Å². The van der Waals surface area contributed by atoms with E-state index in [9.17, 15) is 0 Å². The quantitative estimate of drug-likeness (QED) is 0.217. The van der Waals surface area contributed by atoms with Crippen LogP contribution in [0.1, 0.15) is 50.3 Å². The van der Waals surface area contributed by atoms with Gasteiger partial charge in [0, 0.05) is 22.1 Å². The van der Waals surface area contributed by atoms with Gasteiger partial charge in [-0.05, 0) is 50.9 Å². The van der Waals surface area contributed by atoms with Crippen molar-refractivity contribution >= 4 is 0 Å². The second kappa shape index (κ2) is 10.2. The Hall–Kier alpha value is -4.89. The van der Waals surface area contributed by atoms with Gasteiger partial charge < -0.3 is 0 Å². The lowest BCUT2D eigenvalue weighted by Gasteiger charge is -2.23. The van der Waals surface area contributed by atoms with Gasteiger partial charge in [0.05, 0.1) is 0 Å². The largest absolute Gasteiger partial charge is 0.208 e. The van der Waals surface area contributed by atoms with Crippen LogP contribution in [0.2, 0.25) is 0 Å². The molecule has 0 saturated heterocycles. The smallest absolute Gasteiger partial charge is 0.164 e. The normalized spacial score (nSPS) is 13.2. The predicted molar refractivity (Wildman–Crippen MR) is 173 cm³/mol. The van der Waals surface area contributed by atoms with Gasteiger partial charge in [-0.25, -0.2) is 15.0 Å². The van der Waals surface area contributed by atoms with Crippen molar-refractivity contribution in [2.75, 3.05) is 0 Å². The van der Waals surface area contributed by atoms with Crippen molar-refractivity contribution < 1.29 is 0 Å². The van der Waals surface area contributed by atoms with Gasteiger partial charge >= 0.3 is 0 Å². The first-order chi connectivity index (χ1) is 20.4. The van der Waals surface area contributed by atoms with Gasteiger partial charge in [0.1, 0.15) is 0 Å². The fraction of sp³-hybridized carbons (Fsp3) is 0.154. The van der Waals surface area contributed by atoms with Gasteiger partial charge in [0.15, 0.2) is 17.5 Å². The van der Waals surface area contributed by atoms with E-state index in [1.54, 1.807) is 0 Å². The molecule has 42 heavy (non-hydrogen) atoms. The summed E-state index contributed by atoms with van der Waals surface area (Å²) in [5.74, 6) is 2.52. The first kappa shape index (κ1) is 26.0. The maximum absolute atomic E-state index is 5.04. The van der Waals surface area contributed by atoms with Crippen LogP contribution >= 0.6 is 0 Å². The van der Waals surface area contributed by atoms with Crippen LogP contribution in [0.15, 0.2) is 121 Å². The molecule has 0 radical (unpaired) electrons. The van der Waals surface area contributed by atoms with Gasteiger partial charge in [0.25, 0.3) is 0 Å². The van der Waals surface area contributed by atoms with E-state index in [1.807, 2.05) is 24.3 Å². The van der Waals surface area contributed by atoms with Crippen molar-refractivity contribution in [3.05, 3.63) is 138 Å². The van der Waals surface area contributed by atoms with E-state index in [0.29, 0.717) is 23.4 Å². The van der Waals surface area contributed by atoms with Gasteiger partial charge in [-0.1, -0.05) is 143 Å². The molecule has 3 heteroatoms. The second-order valence-corrected chi connectivity index (χ2v) is 12.0. The molecule has 0 fully saturated rings. The summed E-state index contributed by atoms with van der Waals surface area (Å²) < 4.78 is 0. The molecule has 0 saturated carbocycles. The lowest BCUT2D eigenvalue weighted by Crippen LogP contribution is -2.15. The average Bonchev–Trinajstić information content (AvgIpc) is 3.27. The number of hydrogen-bond acceptors (Lipinski definition) is 3. The van der Waals surface area contributed by atoms with Crippen LogP contribution in [0.3, 0.4) is 0 Å². The maximum atomic E-state index is 5.04. The van der Waals surface area contributed by atoms with Gasteiger partial charge in [-0.2, -0.15) is 0 Å². The molecule has 7 rings (SSSR count). The van der Waals surface area contributed by atoms with Crippen molar-refractivity contribution in [1.29, 1.82) is 0 Å². The summed E-state index contributed by atoms with van der Waals surface area (Å²) in [6.07, 6.45) is 0. The Morgan fingerprint density at radius 2 is 0.881 bits per heavy atom. The molecular weight excluding hydrogens is 510 g/mol. The Kier molecular flexibility index (Phi) is 6.31. The molecule has 3 nitrogen and oxygen atoms in total.